The summed E-state index contributed by atoms with van der Waals surface area (Å²) in [5.74, 6) is -0.946. The zero-order chi connectivity index (χ0) is 19.8. The molecule has 3 rings (SSSR count). The smallest absolute Gasteiger partial charge is 0.359 e. The van der Waals surface area contributed by atoms with Gasteiger partial charge in [0.2, 0.25) is 0 Å². The van der Waals surface area contributed by atoms with Crippen molar-refractivity contribution < 1.29 is 14.3 Å². The number of carbonyl (C=O) groups excluding carboxylic acids is 2. The van der Waals surface area contributed by atoms with Gasteiger partial charge in [0.05, 0.1) is 6.20 Å². The summed E-state index contributed by atoms with van der Waals surface area (Å²) in [5, 5.41) is 0. The van der Waals surface area contributed by atoms with Crippen molar-refractivity contribution in [3.05, 3.63) is 96.1 Å². The predicted molar refractivity (Wildman–Crippen MR) is 104 cm³/mol. The number of benzene rings is 2. The Hall–Kier alpha value is -3.54. The van der Waals surface area contributed by atoms with Gasteiger partial charge in [-0.2, -0.15) is 0 Å². The van der Waals surface area contributed by atoms with Crippen molar-refractivity contribution in [3.8, 4) is 0 Å². The second-order valence-electron chi connectivity index (χ2n) is 6.30. The summed E-state index contributed by atoms with van der Waals surface area (Å²) in [6.45, 7) is 2.41. The highest BCUT2D eigenvalue weighted by molar-refractivity contribution is 5.90. The number of aromatic nitrogens is 2. The summed E-state index contributed by atoms with van der Waals surface area (Å²) in [5.41, 5.74) is 2.07. The normalized spacial score (nSPS) is 11.5. The Morgan fingerprint density at radius 2 is 1.50 bits per heavy atom. The highest BCUT2D eigenvalue weighted by Gasteiger charge is 2.25. The van der Waals surface area contributed by atoms with Crippen LogP contribution in [0.5, 0.6) is 0 Å². The monoisotopic (exact) mass is 375 g/mol. The Kier molecular flexibility index (Phi) is 6.46. The maximum atomic E-state index is 13.0. The Balaban J connectivity index is 1.74. The number of rotatable bonds is 7. The van der Waals surface area contributed by atoms with Gasteiger partial charge in [0.25, 0.3) is 5.91 Å². The van der Waals surface area contributed by atoms with Crippen molar-refractivity contribution in [1.29, 1.82) is 0 Å². The Morgan fingerprint density at radius 3 is 2.00 bits per heavy atom. The van der Waals surface area contributed by atoms with Crippen LogP contribution in [-0.2, 0) is 22.6 Å². The van der Waals surface area contributed by atoms with Gasteiger partial charge in [-0.25, -0.2) is 9.78 Å². The van der Waals surface area contributed by atoms with Crippen molar-refractivity contribution in [1.82, 2.24) is 14.9 Å². The molecule has 0 saturated carbocycles. The summed E-state index contributed by atoms with van der Waals surface area (Å²) in [4.78, 5) is 34.7. The highest BCUT2D eigenvalue weighted by Crippen LogP contribution is 2.13. The minimum atomic E-state index is -0.943. The van der Waals surface area contributed by atoms with Crippen LogP contribution in [0, 0.1) is 0 Å². The predicted octanol–water partition coefficient (Wildman–Crippen LogP) is 3.25. The van der Waals surface area contributed by atoms with Crippen molar-refractivity contribution in [3.63, 3.8) is 0 Å². The van der Waals surface area contributed by atoms with Gasteiger partial charge >= 0.3 is 5.97 Å². The molecule has 1 amide bonds. The third kappa shape index (κ3) is 5.23. The SMILES string of the molecule is C[C@@H](OC(=O)c1cnccn1)C(=O)N(Cc1ccccc1)Cc1ccccc1. The first kappa shape index (κ1) is 19.2. The number of nitrogens with zero attached hydrogens (tertiary/aromatic N) is 3. The average molecular weight is 375 g/mol. The number of hydrogen-bond donors (Lipinski definition) is 0. The molecule has 0 aliphatic heterocycles. The van der Waals surface area contributed by atoms with E-state index in [-0.39, 0.29) is 11.6 Å². The van der Waals surface area contributed by atoms with Crippen LogP contribution in [0.4, 0.5) is 0 Å². The van der Waals surface area contributed by atoms with Crippen LogP contribution in [0.3, 0.4) is 0 Å². The van der Waals surface area contributed by atoms with Gasteiger partial charge in [-0.3, -0.25) is 9.78 Å². The van der Waals surface area contributed by atoms with Crippen LogP contribution in [0.1, 0.15) is 28.5 Å². The molecule has 1 heterocycles. The van der Waals surface area contributed by atoms with Gasteiger partial charge < -0.3 is 9.64 Å². The van der Waals surface area contributed by atoms with E-state index in [2.05, 4.69) is 9.97 Å². The maximum absolute atomic E-state index is 13.0. The van der Waals surface area contributed by atoms with E-state index < -0.39 is 12.1 Å². The molecule has 0 fully saturated rings. The molecule has 0 spiro atoms. The molecule has 0 radical (unpaired) electrons. The Labute approximate surface area is 163 Å². The number of carbonyl (C=O) groups is 2. The fourth-order valence-electron chi connectivity index (χ4n) is 2.75. The van der Waals surface area contributed by atoms with Gasteiger partial charge in [-0.05, 0) is 18.1 Å². The number of hydrogen-bond acceptors (Lipinski definition) is 5. The second kappa shape index (κ2) is 9.41. The third-order valence-electron chi connectivity index (χ3n) is 4.15. The summed E-state index contributed by atoms with van der Waals surface area (Å²) in [7, 11) is 0. The summed E-state index contributed by atoms with van der Waals surface area (Å²) in [6.07, 6.45) is 3.24. The van der Waals surface area contributed by atoms with E-state index in [1.807, 2.05) is 60.7 Å². The van der Waals surface area contributed by atoms with Crippen molar-refractivity contribution in [2.24, 2.45) is 0 Å². The van der Waals surface area contributed by atoms with E-state index in [0.29, 0.717) is 13.1 Å². The topological polar surface area (TPSA) is 72.4 Å². The van der Waals surface area contributed by atoms with E-state index in [0.717, 1.165) is 11.1 Å². The lowest BCUT2D eigenvalue weighted by molar-refractivity contribution is -0.141. The van der Waals surface area contributed by atoms with E-state index in [1.54, 1.807) is 11.8 Å². The standard InChI is InChI=1S/C22H21N3O3/c1-17(28-22(27)20-14-23-12-13-24-20)21(26)25(15-18-8-4-2-5-9-18)16-19-10-6-3-7-11-19/h2-14,17H,15-16H2,1H3/t17-/m1/s1. The molecule has 6 nitrogen and oxygen atoms in total. The molecule has 0 unspecified atom stereocenters. The van der Waals surface area contributed by atoms with Crippen LogP contribution >= 0.6 is 0 Å². The molecular weight excluding hydrogens is 354 g/mol. The van der Waals surface area contributed by atoms with E-state index in [9.17, 15) is 9.59 Å². The molecule has 1 aromatic heterocycles. The van der Waals surface area contributed by atoms with E-state index in [1.165, 1.54) is 18.6 Å². The molecule has 2 aromatic carbocycles. The van der Waals surface area contributed by atoms with Crippen LogP contribution in [0.15, 0.2) is 79.3 Å². The highest BCUT2D eigenvalue weighted by atomic mass is 16.5. The van der Waals surface area contributed by atoms with Crippen molar-refractivity contribution in [2.45, 2.75) is 26.1 Å². The van der Waals surface area contributed by atoms with Crippen molar-refractivity contribution >= 4 is 11.9 Å². The molecule has 3 aromatic rings. The fraction of sp³-hybridized carbons (Fsp3) is 0.182. The van der Waals surface area contributed by atoms with Gasteiger partial charge in [0.1, 0.15) is 0 Å². The Morgan fingerprint density at radius 1 is 0.929 bits per heavy atom. The van der Waals surface area contributed by atoms with E-state index in [4.69, 9.17) is 4.74 Å². The quantitative estimate of drug-likeness (QED) is 0.593. The molecule has 0 aliphatic carbocycles. The Bertz CT molecular complexity index is 861. The van der Waals surface area contributed by atoms with Gasteiger partial charge in [-0.15, -0.1) is 0 Å². The zero-order valence-electron chi connectivity index (χ0n) is 15.6. The number of amides is 1. The van der Waals surface area contributed by atoms with Crippen molar-refractivity contribution in [2.75, 3.05) is 0 Å². The minimum absolute atomic E-state index is 0.0693. The molecule has 0 bridgehead atoms. The van der Waals surface area contributed by atoms with Crippen LogP contribution in [-0.4, -0.2) is 32.8 Å². The molecule has 0 N–H and O–H groups in total. The van der Waals surface area contributed by atoms with Gasteiger partial charge in [0, 0.05) is 25.5 Å². The maximum Gasteiger partial charge on any atom is 0.359 e. The van der Waals surface area contributed by atoms with Crippen LogP contribution in [0.2, 0.25) is 0 Å². The first-order valence-corrected chi connectivity index (χ1v) is 8.97. The number of ether oxygens (including phenoxy) is 1. The molecule has 142 valence electrons. The summed E-state index contributed by atoms with van der Waals surface area (Å²) < 4.78 is 5.32. The molecular formula is C22H21N3O3. The zero-order valence-corrected chi connectivity index (χ0v) is 15.6. The third-order valence-corrected chi connectivity index (χ3v) is 4.15. The lowest BCUT2D eigenvalue weighted by Crippen LogP contribution is -2.39. The second-order valence-corrected chi connectivity index (χ2v) is 6.30. The molecule has 0 saturated heterocycles. The minimum Gasteiger partial charge on any atom is -0.448 e. The van der Waals surface area contributed by atoms with Gasteiger partial charge in [-0.1, -0.05) is 60.7 Å². The fourth-order valence-corrected chi connectivity index (χ4v) is 2.75. The molecule has 1 atom stereocenters. The van der Waals surface area contributed by atoms with E-state index >= 15 is 0 Å². The first-order chi connectivity index (χ1) is 13.6. The average Bonchev–Trinajstić information content (AvgIpc) is 2.75. The largest absolute Gasteiger partial charge is 0.448 e. The molecule has 0 aliphatic rings. The van der Waals surface area contributed by atoms with Crippen LogP contribution < -0.4 is 0 Å². The molecule has 6 heteroatoms. The number of esters is 1. The summed E-state index contributed by atoms with van der Waals surface area (Å²) >= 11 is 0. The van der Waals surface area contributed by atoms with Gasteiger partial charge in [0.15, 0.2) is 11.8 Å². The summed E-state index contributed by atoms with van der Waals surface area (Å²) in [6, 6.07) is 19.4. The lowest BCUT2D eigenvalue weighted by atomic mass is 10.1. The molecule has 28 heavy (non-hydrogen) atoms. The first-order valence-electron chi connectivity index (χ1n) is 8.97. The lowest BCUT2D eigenvalue weighted by Gasteiger charge is -2.26. The van der Waals surface area contributed by atoms with Crippen LogP contribution in [0.25, 0.3) is 0 Å².